The highest BCUT2D eigenvalue weighted by Crippen LogP contribution is 2.24. The van der Waals surface area contributed by atoms with Gasteiger partial charge in [-0.1, -0.05) is 60.7 Å². The molecule has 0 aromatic heterocycles. The Morgan fingerprint density at radius 3 is 1.31 bits per heavy atom. The van der Waals surface area contributed by atoms with Crippen molar-refractivity contribution in [2.24, 2.45) is 21.7 Å². The van der Waals surface area contributed by atoms with Crippen molar-refractivity contribution in [2.45, 2.75) is 37.8 Å². The number of amidine groups is 2. The molecule has 0 spiro atoms. The lowest BCUT2D eigenvalue weighted by molar-refractivity contribution is 0.501. The number of hydrogen-bond donors (Lipinski definition) is 4. The zero-order valence-corrected chi connectivity index (χ0v) is 15.2. The summed E-state index contributed by atoms with van der Waals surface area (Å²) >= 11 is 0. The Hall–Kier alpha value is -3.02. The second-order valence-electron chi connectivity index (χ2n) is 6.90. The SMILES string of the molecule is CC(Cc1ccccc1)(N=NC(C)(Cc1ccccc1)C(=N)N)C(=N)N. The Labute approximate surface area is 154 Å². The van der Waals surface area contributed by atoms with Crippen LogP contribution in [0.4, 0.5) is 0 Å². The number of azo groups is 1. The van der Waals surface area contributed by atoms with E-state index in [0.717, 1.165) is 11.1 Å². The minimum absolute atomic E-state index is 0.0734. The van der Waals surface area contributed by atoms with E-state index >= 15 is 0 Å². The molecule has 0 amide bonds. The van der Waals surface area contributed by atoms with E-state index in [-0.39, 0.29) is 11.7 Å². The van der Waals surface area contributed by atoms with Crippen molar-refractivity contribution in [1.82, 2.24) is 0 Å². The number of benzene rings is 2. The van der Waals surface area contributed by atoms with Crippen LogP contribution in [0.25, 0.3) is 0 Å². The summed E-state index contributed by atoms with van der Waals surface area (Å²) in [5.74, 6) is -0.147. The van der Waals surface area contributed by atoms with Gasteiger partial charge in [0, 0.05) is 12.8 Å². The second-order valence-corrected chi connectivity index (χ2v) is 6.90. The highest BCUT2D eigenvalue weighted by molar-refractivity contribution is 5.88. The fourth-order valence-electron chi connectivity index (χ4n) is 2.58. The summed E-state index contributed by atoms with van der Waals surface area (Å²) in [5.41, 5.74) is 11.7. The lowest BCUT2D eigenvalue weighted by atomic mass is 9.91. The van der Waals surface area contributed by atoms with Crippen LogP contribution in [0.1, 0.15) is 25.0 Å². The van der Waals surface area contributed by atoms with Crippen LogP contribution in [0.2, 0.25) is 0 Å². The van der Waals surface area contributed by atoms with Crippen molar-refractivity contribution in [3.05, 3.63) is 71.8 Å². The molecule has 0 heterocycles. The lowest BCUT2D eigenvalue weighted by Crippen LogP contribution is -2.44. The lowest BCUT2D eigenvalue weighted by Gasteiger charge is -2.27. The standard InChI is InChI=1S/C20H26N6/c1-19(17(21)22,13-15-9-5-3-6-10-15)25-26-20(2,18(23)24)14-16-11-7-4-8-12-16/h3-12H,13-14H2,1-2H3,(H3,21,22)(H3,23,24). The second kappa shape index (κ2) is 7.91. The summed E-state index contributed by atoms with van der Waals surface area (Å²) in [5, 5.41) is 24.7. The number of hydrogen-bond acceptors (Lipinski definition) is 4. The fourth-order valence-corrected chi connectivity index (χ4v) is 2.58. The summed E-state index contributed by atoms with van der Waals surface area (Å²) in [4.78, 5) is 0. The molecule has 2 unspecified atom stereocenters. The van der Waals surface area contributed by atoms with Crippen molar-refractivity contribution >= 4 is 11.7 Å². The highest BCUT2D eigenvalue weighted by atomic mass is 15.2. The molecule has 2 rings (SSSR count). The maximum atomic E-state index is 7.97. The van der Waals surface area contributed by atoms with Gasteiger partial charge >= 0.3 is 0 Å². The Morgan fingerprint density at radius 2 is 1.04 bits per heavy atom. The van der Waals surface area contributed by atoms with E-state index in [1.807, 2.05) is 60.7 Å². The Morgan fingerprint density at radius 1 is 0.731 bits per heavy atom. The quantitative estimate of drug-likeness (QED) is 0.331. The van der Waals surface area contributed by atoms with Gasteiger partial charge in [0.25, 0.3) is 0 Å². The topological polar surface area (TPSA) is 124 Å². The Kier molecular flexibility index (Phi) is 5.87. The number of nitrogens with two attached hydrogens (primary N) is 2. The van der Waals surface area contributed by atoms with Crippen LogP contribution in [0.3, 0.4) is 0 Å². The molecule has 0 aliphatic heterocycles. The van der Waals surface area contributed by atoms with Crippen LogP contribution >= 0.6 is 0 Å². The molecule has 6 heteroatoms. The molecule has 2 atom stereocenters. The maximum Gasteiger partial charge on any atom is 0.139 e. The first-order valence-electron chi connectivity index (χ1n) is 8.46. The van der Waals surface area contributed by atoms with Gasteiger partial charge in [-0.3, -0.25) is 10.8 Å². The molecule has 0 saturated carbocycles. The normalized spacial score (nSPS) is 15.9. The first-order chi connectivity index (χ1) is 12.3. The van der Waals surface area contributed by atoms with Crippen molar-refractivity contribution < 1.29 is 0 Å². The van der Waals surface area contributed by atoms with Gasteiger partial charge in [0.1, 0.15) is 22.7 Å². The zero-order chi connectivity index (χ0) is 19.2. The summed E-state index contributed by atoms with van der Waals surface area (Å²) in [6, 6.07) is 19.4. The molecular weight excluding hydrogens is 324 g/mol. The third-order valence-electron chi connectivity index (χ3n) is 4.43. The summed E-state index contributed by atoms with van der Waals surface area (Å²) in [6.07, 6.45) is 0.901. The van der Waals surface area contributed by atoms with Crippen LogP contribution in [-0.4, -0.2) is 22.7 Å². The average molecular weight is 350 g/mol. The molecular formula is C20H26N6. The van der Waals surface area contributed by atoms with Gasteiger partial charge in [-0.15, -0.1) is 0 Å². The molecule has 0 aliphatic rings. The smallest absolute Gasteiger partial charge is 0.139 e. The van der Waals surface area contributed by atoms with Crippen molar-refractivity contribution in [1.29, 1.82) is 10.8 Å². The molecule has 0 aliphatic carbocycles. The molecule has 136 valence electrons. The van der Waals surface area contributed by atoms with Gasteiger partial charge in [-0.05, 0) is 25.0 Å². The Bertz CT molecular complexity index is 719. The maximum absolute atomic E-state index is 7.97. The minimum atomic E-state index is -0.991. The first kappa shape index (κ1) is 19.3. The number of nitrogens with one attached hydrogen (secondary N) is 2. The van der Waals surface area contributed by atoms with E-state index in [2.05, 4.69) is 10.2 Å². The molecule has 2 aromatic carbocycles. The molecule has 0 fully saturated rings. The molecule has 26 heavy (non-hydrogen) atoms. The highest BCUT2D eigenvalue weighted by Gasteiger charge is 2.33. The van der Waals surface area contributed by atoms with Gasteiger partial charge in [-0.2, -0.15) is 10.2 Å². The van der Waals surface area contributed by atoms with Crippen LogP contribution in [0.5, 0.6) is 0 Å². The van der Waals surface area contributed by atoms with Crippen LogP contribution in [0, 0.1) is 10.8 Å². The van der Waals surface area contributed by atoms with E-state index in [4.69, 9.17) is 22.3 Å². The van der Waals surface area contributed by atoms with E-state index in [0.29, 0.717) is 12.8 Å². The first-order valence-corrected chi connectivity index (χ1v) is 8.46. The zero-order valence-electron chi connectivity index (χ0n) is 15.2. The molecule has 0 radical (unpaired) electrons. The summed E-state index contributed by atoms with van der Waals surface area (Å²) in [7, 11) is 0. The van der Waals surface area contributed by atoms with Gasteiger partial charge in [-0.25, -0.2) is 0 Å². The molecule has 0 saturated heterocycles. The predicted molar refractivity (Wildman–Crippen MR) is 106 cm³/mol. The molecule has 2 aromatic rings. The monoisotopic (exact) mass is 350 g/mol. The number of nitrogens with zero attached hydrogens (tertiary/aromatic N) is 2. The molecule has 0 bridgehead atoms. The van der Waals surface area contributed by atoms with Gasteiger partial charge in [0.2, 0.25) is 0 Å². The third-order valence-corrected chi connectivity index (χ3v) is 4.43. The van der Waals surface area contributed by atoms with E-state index in [1.165, 1.54) is 0 Å². The predicted octanol–water partition coefficient (Wildman–Crippen LogP) is 3.31. The van der Waals surface area contributed by atoms with E-state index < -0.39 is 11.1 Å². The van der Waals surface area contributed by atoms with Crippen molar-refractivity contribution in [2.75, 3.05) is 0 Å². The Balaban J connectivity index is 2.30. The van der Waals surface area contributed by atoms with Crippen LogP contribution in [-0.2, 0) is 12.8 Å². The van der Waals surface area contributed by atoms with Gasteiger partial charge in [0.05, 0.1) is 0 Å². The van der Waals surface area contributed by atoms with E-state index in [1.54, 1.807) is 13.8 Å². The molecule has 6 N–H and O–H groups in total. The summed E-state index contributed by atoms with van der Waals surface area (Å²) in [6.45, 7) is 3.55. The van der Waals surface area contributed by atoms with Gasteiger partial charge < -0.3 is 11.5 Å². The minimum Gasteiger partial charge on any atom is -0.386 e. The number of rotatable bonds is 8. The average Bonchev–Trinajstić information content (AvgIpc) is 2.61. The van der Waals surface area contributed by atoms with Crippen molar-refractivity contribution in [3.63, 3.8) is 0 Å². The largest absolute Gasteiger partial charge is 0.386 e. The van der Waals surface area contributed by atoms with Crippen LogP contribution < -0.4 is 11.5 Å². The van der Waals surface area contributed by atoms with Gasteiger partial charge in [0.15, 0.2) is 0 Å². The fraction of sp³-hybridized carbons (Fsp3) is 0.300. The van der Waals surface area contributed by atoms with Crippen molar-refractivity contribution in [3.8, 4) is 0 Å². The third kappa shape index (κ3) is 4.75. The van der Waals surface area contributed by atoms with E-state index in [9.17, 15) is 0 Å². The van der Waals surface area contributed by atoms with Crippen LogP contribution in [0.15, 0.2) is 70.9 Å². The summed E-state index contributed by atoms with van der Waals surface area (Å²) < 4.78 is 0. The molecule has 6 nitrogen and oxygen atoms in total.